The van der Waals surface area contributed by atoms with Crippen molar-refractivity contribution in [3.63, 3.8) is 0 Å². The van der Waals surface area contributed by atoms with Crippen LogP contribution in [-0.2, 0) is 5.54 Å². The fourth-order valence-corrected chi connectivity index (χ4v) is 6.16. The first-order valence-corrected chi connectivity index (χ1v) is 11.6. The summed E-state index contributed by atoms with van der Waals surface area (Å²) in [5.41, 5.74) is 6.90. The maximum Gasteiger partial charge on any atom is 0.270 e. The number of benzene rings is 1. The second-order valence-corrected chi connectivity index (χ2v) is 9.82. The van der Waals surface area contributed by atoms with Crippen LogP contribution in [0.15, 0.2) is 46.0 Å². The van der Waals surface area contributed by atoms with Crippen molar-refractivity contribution in [2.75, 3.05) is 5.75 Å². The van der Waals surface area contributed by atoms with E-state index in [1.165, 1.54) is 12.1 Å². The van der Waals surface area contributed by atoms with E-state index in [0.29, 0.717) is 5.17 Å². The predicted molar refractivity (Wildman–Crippen MR) is 117 cm³/mol. The van der Waals surface area contributed by atoms with Crippen LogP contribution in [0, 0.1) is 11.7 Å². The smallest absolute Gasteiger partial charge is 0.270 e. The summed E-state index contributed by atoms with van der Waals surface area (Å²) in [5, 5.41) is 3.65. The topological polar surface area (TPSA) is 89.6 Å². The van der Waals surface area contributed by atoms with E-state index in [1.807, 2.05) is 12.1 Å². The molecule has 3 aliphatic rings. The lowest BCUT2D eigenvalue weighted by Crippen LogP contribution is -2.54. The number of amides is 1. The zero-order chi connectivity index (χ0) is 20.9. The molecule has 30 heavy (non-hydrogen) atoms. The number of nitrogens with one attached hydrogen (secondary N) is 1. The molecule has 2 unspecified atom stereocenters. The number of fused-ring (bicyclic) bond motifs is 4. The molecule has 2 aliphatic heterocycles. The van der Waals surface area contributed by atoms with E-state index >= 15 is 0 Å². The molecule has 1 saturated carbocycles. The number of aromatic nitrogens is 1. The quantitative estimate of drug-likeness (QED) is 0.670. The van der Waals surface area contributed by atoms with Gasteiger partial charge >= 0.3 is 0 Å². The van der Waals surface area contributed by atoms with E-state index in [0.717, 1.165) is 47.0 Å². The standard InChI is InChI=1S/C21H20BrFN4O2S/c22-11-1-5-17-14(7-11)21(10-30-20(24)27-21)15-8-13(3-6-18(15)29-17)26-19(28)16-4-2-12(23)9-25-16/h1-2,4-5,7,9,13,15,18H,3,6,8,10H2,(H2,24,27)(H,26,28)/t13-,15?,18-,21?/m0/s1. The molecule has 1 spiro atoms. The number of amidine groups is 1. The highest BCUT2D eigenvalue weighted by atomic mass is 79.9. The highest BCUT2D eigenvalue weighted by Crippen LogP contribution is 2.54. The first-order valence-electron chi connectivity index (χ1n) is 9.82. The fourth-order valence-electron chi connectivity index (χ4n) is 4.77. The number of hydrogen-bond donors (Lipinski definition) is 2. The molecule has 0 radical (unpaired) electrons. The Morgan fingerprint density at radius 2 is 2.20 bits per heavy atom. The number of rotatable bonds is 2. The van der Waals surface area contributed by atoms with Crippen LogP contribution in [0.25, 0.3) is 0 Å². The van der Waals surface area contributed by atoms with E-state index in [9.17, 15) is 9.18 Å². The number of hydrogen-bond acceptors (Lipinski definition) is 6. The summed E-state index contributed by atoms with van der Waals surface area (Å²) in [6.07, 6.45) is 3.40. The number of carbonyl (C=O) groups is 1. The predicted octanol–water partition coefficient (Wildman–Crippen LogP) is 3.60. The van der Waals surface area contributed by atoms with Gasteiger partial charge in [-0.2, -0.15) is 0 Å². The van der Waals surface area contributed by atoms with Crippen molar-refractivity contribution < 1.29 is 13.9 Å². The molecule has 4 atom stereocenters. The van der Waals surface area contributed by atoms with E-state index in [4.69, 9.17) is 15.5 Å². The molecule has 5 rings (SSSR count). The third-order valence-electron chi connectivity index (χ3n) is 6.13. The molecule has 0 bridgehead atoms. The molecule has 9 heteroatoms. The monoisotopic (exact) mass is 490 g/mol. The average Bonchev–Trinajstić information content (AvgIpc) is 3.12. The fraction of sp³-hybridized carbons (Fsp3) is 0.381. The SMILES string of the molecule is NC1=NC2(CS1)c1cc(Br)ccc1O[C@H]1CC[C@H](NC(=O)c3ccc(F)cn3)CC12. The maximum atomic E-state index is 13.1. The highest BCUT2D eigenvalue weighted by molar-refractivity contribution is 9.10. The van der Waals surface area contributed by atoms with Gasteiger partial charge in [0.05, 0.1) is 6.20 Å². The summed E-state index contributed by atoms with van der Waals surface area (Å²) in [4.78, 5) is 21.4. The van der Waals surface area contributed by atoms with Gasteiger partial charge in [0, 0.05) is 27.7 Å². The third-order valence-corrected chi connectivity index (χ3v) is 7.60. The van der Waals surface area contributed by atoms with Gasteiger partial charge in [-0.25, -0.2) is 14.4 Å². The number of halogens is 2. The highest BCUT2D eigenvalue weighted by Gasteiger charge is 2.54. The van der Waals surface area contributed by atoms with Crippen molar-refractivity contribution in [3.05, 3.63) is 58.1 Å². The number of pyridine rings is 1. The zero-order valence-electron chi connectivity index (χ0n) is 16.0. The largest absolute Gasteiger partial charge is 0.490 e. The Kier molecular flexibility index (Phi) is 4.97. The number of nitrogens with two attached hydrogens (primary N) is 1. The Bertz CT molecular complexity index is 1030. The van der Waals surface area contributed by atoms with Gasteiger partial charge in [-0.1, -0.05) is 27.7 Å². The van der Waals surface area contributed by atoms with Crippen molar-refractivity contribution in [3.8, 4) is 5.75 Å². The van der Waals surface area contributed by atoms with Gasteiger partial charge in [-0.05, 0) is 49.6 Å². The van der Waals surface area contributed by atoms with Crippen molar-refractivity contribution >= 4 is 38.8 Å². The minimum Gasteiger partial charge on any atom is -0.490 e. The molecule has 6 nitrogen and oxygen atoms in total. The van der Waals surface area contributed by atoms with Crippen molar-refractivity contribution in [2.24, 2.45) is 16.6 Å². The Morgan fingerprint density at radius 1 is 1.33 bits per heavy atom. The molecule has 1 aromatic carbocycles. The molecule has 156 valence electrons. The molecule has 1 fully saturated rings. The molecule has 1 aromatic heterocycles. The molecule has 1 aliphatic carbocycles. The average molecular weight is 491 g/mol. The minimum absolute atomic E-state index is 0.0195. The third kappa shape index (κ3) is 3.37. The Labute approximate surface area is 186 Å². The lowest BCUT2D eigenvalue weighted by atomic mass is 9.67. The first kappa shape index (κ1) is 19.8. The molecule has 2 aromatic rings. The van der Waals surface area contributed by atoms with Crippen LogP contribution in [0.3, 0.4) is 0 Å². The second-order valence-electron chi connectivity index (χ2n) is 7.91. The van der Waals surface area contributed by atoms with Crippen molar-refractivity contribution in [1.82, 2.24) is 10.3 Å². The second kappa shape index (κ2) is 7.53. The lowest BCUT2D eigenvalue weighted by Gasteiger charge is -2.48. The van der Waals surface area contributed by atoms with E-state index in [1.54, 1.807) is 11.8 Å². The number of carbonyl (C=O) groups excluding carboxylic acids is 1. The lowest BCUT2D eigenvalue weighted by molar-refractivity contribution is 0.0155. The van der Waals surface area contributed by atoms with Crippen LogP contribution < -0.4 is 15.8 Å². The summed E-state index contributed by atoms with van der Waals surface area (Å²) in [5.74, 6) is 0.945. The normalized spacial score (nSPS) is 29.5. The van der Waals surface area contributed by atoms with Crippen molar-refractivity contribution in [1.29, 1.82) is 0 Å². The van der Waals surface area contributed by atoms with Gasteiger partial charge in [-0.15, -0.1) is 0 Å². The summed E-state index contributed by atoms with van der Waals surface area (Å²) < 4.78 is 20.4. The number of aliphatic imine (C=N–C) groups is 1. The van der Waals surface area contributed by atoms with Crippen LogP contribution in [0.2, 0.25) is 0 Å². The van der Waals surface area contributed by atoms with Crippen molar-refractivity contribution in [2.45, 2.75) is 36.9 Å². The molecule has 3 heterocycles. The van der Waals surface area contributed by atoms with Gasteiger partial charge in [0.2, 0.25) is 0 Å². The molecular formula is C21H20BrFN4O2S. The van der Waals surface area contributed by atoms with E-state index in [2.05, 4.69) is 32.3 Å². The molecule has 1 amide bonds. The summed E-state index contributed by atoms with van der Waals surface area (Å²) in [6.45, 7) is 0. The van der Waals surface area contributed by atoms with Gasteiger partial charge in [0.1, 0.15) is 28.9 Å². The minimum atomic E-state index is -0.465. The maximum absolute atomic E-state index is 13.1. The summed E-state index contributed by atoms with van der Waals surface area (Å²) in [7, 11) is 0. The van der Waals surface area contributed by atoms with Gasteiger partial charge in [0.25, 0.3) is 5.91 Å². The molecule has 0 saturated heterocycles. The molecule has 3 N–H and O–H groups in total. The number of thioether (sulfide) groups is 1. The van der Waals surface area contributed by atoms with Gasteiger partial charge in [0.15, 0.2) is 5.17 Å². The van der Waals surface area contributed by atoms with Gasteiger partial charge in [-0.3, -0.25) is 4.79 Å². The zero-order valence-corrected chi connectivity index (χ0v) is 18.4. The van der Waals surface area contributed by atoms with Crippen LogP contribution >= 0.6 is 27.7 Å². The molecular weight excluding hydrogens is 471 g/mol. The van der Waals surface area contributed by atoms with Gasteiger partial charge < -0.3 is 15.8 Å². The van der Waals surface area contributed by atoms with Crippen LogP contribution in [-0.4, -0.2) is 34.0 Å². The summed E-state index contributed by atoms with van der Waals surface area (Å²) >= 11 is 5.13. The van der Waals surface area contributed by atoms with Crippen LogP contribution in [0.5, 0.6) is 5.75 Å². The summed E-state index contributed by atoms with van der Waals surface area (Å²) in [6, 6.07) is 8.63. The Balaban J connectivity index is 1.43. The van der Waals surface area contributed by atoms with Crippen LogP contribution in [0.1, 0.15) is 35.3 Å². The van der Waals surface area contributed by atoms with E-state index < -0.39 is 11.4 Å². The Hall–Kier alpha value is -2.13. The first-order chi connectivity index (χ1) is 14.4. The van der Waals surface area contributed by atoms with Crippen LogP contribution in [0.4, 0.5) is 4.39 Å². The number of nitrogens with zero attached hydrogens (tertiary/aromatic N) is 2. The van der Waals surface area contributed by atoms with E-state index in [-0.39, 0.29) is 29.7 Å². The Morgan fingerprint density at radius 3 is 2.93 bits per heavy atom. The number of ether oxygens (including phenoxy) is 1.